The Kier molecular flexibility index (Phi) is 7.21. The molecular weight excluding hydrogens is 328 g/mol. The predicted octanol–water partition coefficient (Wildman–Crippen LogP) is 3.91. The third-order valence-corrected chi connectivity index (χ3v) is 5.79. The van der Waals surface area contributed by atoms with Crippen LogP contribution in [0.4, 0.5) is 5.69 Å². The van der Waals surface area contributed by atoms with Crippen molar-refractivity contribution in [2.75, 3.05) is 32.1 Å². The summed E-state index contributed by atoms with van der Waals surface area (Å²) in [5.74, 6) is -0.400. The fourth-order valence-corrected chi connectivity index (χ4v) is 4.24. The van der Waals surface area contributed by atoms with Crippen LogP contribution in [0.5, 0.6) is 0 Å². The van der Waals surface area contributed by atoms with E-state index in [-0.39, 0.29) is 11.9 Å². The number of quaternary nitrogens is 1. The maximum Gasteiger partial charge on any atom is 0.339 e. The maximum atomic E-state index is 13.3. The van der Waals surface area contributed by atoms with Gasteiger partial charge in [-0.25, -0.2) is 4.79 Å². The van der Waals surface area contributed by atoms with Crippen LogP contribution >= 0.6 is 0 Å². The summed E-state index contributed by atoms with van der Waals surface area (Å²) in [7, 11) is 1.36. The number of ether oxygens (including phenoxy) is 1. The largest absolute Gasteiger partial charge is 0.465 e. The molecule has 1 aliphatic heterocycles. The second-order valence-electron chi connectivity index (χ2n) is 7.33. The minimum atomic E-state index is -0.423. The number of para-hydroxylation sites is 1. The number of hydrogen-bond donors (Lipinski definition) is 1. The number of likely N-dealkylation sites (tertiary alicyclic amines) is 1. The molecular formula is C21H33N2O3+. The lowest BCUT2D eigenvalue weighted by atomic mass is 9.98. The van der Waals surface area contributed by atoms with Crippen LogP contribution < -0.4 is 5.32 Å². The summed E-state index contributed by atoms with van der Waals surface area (Å²) in [5.41, 5.74) is 1.87. The van der Waals surface area contributed by atoms with Crippen LogP contribution in [0.3, 0.4) is 0 Å². The molecule has 0 aliphatic carbocycles. The molecule has 1 heterocycles. The molecule has 0 aromatic heterocycles. The van der Waals surface area contributed by atoms with Gasteiger partial charge in [0.2, 0.25) is 0 Å². The van der Waals surface area contributed by atoms with Crippen LogP contribution in [0.1, 0.15) is 61.9 Å². The van der Waals surface area contributed by atoms with Gasteiger partial charge >= 0.3 is 5.97 Å². The highest BCUT2D eigenvalue weighted by Gasteiger charge is 2.41. The number of piperidine rings is 1. The van der Waals surface area contributed by atoms with Gasteiger partial charge in [0, 0.05) is 6.42 Å². The summed E-state index contributed by atoms with van der Waals surface area (Å²) < 4.78 is 5.74. The molecule has 1 aromatic rings. The van der Waals surface area contributed by atoms with Crippen LogP contribution in [0.25, 0.3) is 0 Å². The second-order valence-corrected chi connectivity index (χ2v) is 7.33. The molecule has 26 heavy (non-hydrogen) atoms. The van der Waals surface area contributed by atoms with E-state index in [0.29, 0.717) is 11.3 Å². The van der Waals surface area contributed by atoms with Gasteiger partial charge < -0.3 is 14.5 Å². The molecule has 1 aromatic carbocycles. The van der Waals surface area contributed by atoms with Crippen molar-refractivity contribution in [3.63, 3.8) is 0 Å². The summed E-state index contributed by atoms with van der Waals surface area (Å²) in [4.78, 5) is 25.4. The van der Waals surface area contributed by atoms with Crippen LogP contribution in [0, 0.1) is 6.92 Å². The molecule has 5 nitrogen and oxygen atoms in total. The van der Waals surface area contributed by atoms with Crippen molar-refractivity contribution in [1.82, 2.24) is 0 Å². The summed E-state index contributed by atoms with van der Waals surface area (Å²) >= 11 is 0. The predicted molar refractivity (Wildman–Crippen MR) is 104 cm³/mol. The number of nitrogens with zero attached hydrogens (tertiary/aromatic N) is 1. The molecule has 1 atom stereocenters. The first-order valence-corrected chi connectivity index (χ1v) is 9.83. The average molecular weight is 362 g/mol. The highest BCUT2D eigenvalue weighted by Crippen LogP contribution is 2.28. The summed E-state index contributed by atoms with van der Waals surface area (Å²) in [5, 5.41) is 3.08. The summed E-state index contributed by atoms with van der Waals surface area (Å²) in [6, 6.07) is 5.34. The molecule has 1 aliphatic rings. The minimum absolute atomic E-state index is 0.0232. The number of carbonyl (C=O) groups is 2. The first-order valence-electron chi connectivity index (χ1n) is 9.83. The van der Waals surface area contributed by atoms with Crippen LogP contribution in [-0.2, 0) is 9.53 Å². The Labute approximate surface area is 157 Å². The Morgan fingerprint density at radius 2 is 1.88 bits per heavy atom. The number of anilines is 1. The Morgan fingerprint density at radius 1 is 1.19 bits per heavy atom. The Balaban J connectivity index is 2.32. The van der Waals surface area contributed by atoms with E-state index < -0.39 is 5.97 Å². The zero-order chi connectivity index (χ0) is 19.2. The van der Waals surface area contributed by atoms with Gasteiger partial charge in [0.1, 0.15) is 0 Å². The lowest BCUT2D eigenvalue weighted by Crippen LogP contribution is -2.62. The first kappa shape index (κ1) is 20.4. The van der Waals surface area contributed by atoms with Gasteiger partial charge in [-0.2, -0.15) is 0 Å². The molecule has 5 heteroatoms. The number of likely N-dealkylation sites (N-methyl/N-ethyl adjacent to an activating group) is 1. The molecule has 1 N–H and O–H groups in total. The molecule has 1 saturated heterocycles. The third-order valence-electron chi connectivity index (χ3n) is 5.79. The molecule has 1 amide bonds. The number of benzene rings is 1. The van der Waals surface area contributed by atoms with E-state index in [2.05, 4.69) is 19.2 Å². The van der Waals surface area contributed by atoms with Crippen molar-refractivity contribution in [2.45, 2.75) is 58.9 Å². The van der Waals surface area contributed by atoms with Gasteiger partial charge in [0.05, 0.1) is 38.0 Å². The van der Waals surface area contributed by atoms with E-state index in [4.69, 9.17) is 4.74 Å². The third kappa shape index (κ3) is 4.26. The van der Waals surface area contributed by atoms with Crippen LogP contribution in [0.15, 0.2) is 18.2 Å². The van der Waals surface area contributed by atoms with Crippen molar-refractivity contribution in [2.24, 2.45) is 0 Å². The van der Waals surface area contributed by atoms with E-state index in [1.807, 2.05) is 19.1 Å². The van der Waals surface area contributed by atoms with Crippen molar-refractivity contribution >= 4 is 17.6 Å². The Hall–Kier alpha value is -1.88. The van der Waals surface area contributed by atoms with E-state index in [1.165, 1.54) is 26.4 Å². The lowest BCUT2D eigenvalue weighted by Gasteiger charge is -2.46. The molecule has 0 radical (unpaired) electrons. The van der Waals surface area contributed by atoms with Crippen LogP contribution in [-0.4, -0.2) is 49.1 Å². The fraction of sp³-hybridized carbons (Fsp3) is 0.619. The minimum Gasteiger partial charge on any atom is -0.465 e. The number of carbonyl (C=O) groups excluding carboxylic acids is 2. The highest BCUT2D eigenvalue weighted by atomic mass is 16.5. The van der Waals surface area contributed by atoms with Gasteiger partial charge in [-0.1, -0.05) is 19.1 Å². The SMILES string of the molecule is CCCC(C(=O)Nc1c(C)cccc1C(=O)OC)[N+]1(CC)CCCCC1. The Morgan fingerprint density at radius 3 is 2.46 bits per heavy atom. The standard InChI is InChI=1S/C21H32N2O3/c1-5-11-18(23(6-2)14-8-7-9-15-23)20(24)22-19-16(3)12-10-13-17(19)21(25)26-4/h10,12-13,18H,5-9,11,14-15H2,1-4H3/p+1. The van der Waals surface area contributed by atoms with Crippen molar-refractivity contribution < 1.29 is 18.8 Å². The average Bonchev–Trinajstić information content (AvgIpc) is 2.67. The number of hydrogen-bond acceptors (Lipinski definition) is 3. The van der Waals surface area contributed by atoms with Crippen molar-refractivity contribution in [3.05, 3.63) is 29.3 Å². The van der Waals surface area contributed by atoms with E-state index in [0.717, 1.165) is 42.5 Å². The normalized spacial score (nSPS) is 17.4. The Bertz CT molecular complexity index is 636. The van der Waals surface area contributed by atoms with E-state index in [9.17, 15) is 9.59 Å². The number of aryl methyl sites for hydroxylation is 1. The number of amides is 1. The number of nitrogens with one attached hydrogen (secondary N) is 1. The monoisotopic (exact) mass is 361 g/mol. The maximum absolute atomic E-state index is 13.3. The first-order chi connectivity index (χ1) is 12.5. The molecule has 1 unspecified atom stereocenters. The van der Waals surface area contributed by atoms with E-state index >= 15 is 0 Å². The molecule has 0 spiro atoms. The van der Waals surface area contributed by atoms with Gasteiger partial charge in [-0.05, 0) is 51.2 Å². The molecule has 0 saturated carbocycles. The van der Waals surface area contributed by atoms with Gasteiger partial charge in [-0.15, -0.1) is 0 Å². The topological polar surface area (TPSA) is 55.4 Å². The van der Waals surface area contributed by atoms with Crippen molar-refractivity contribution in [1.29, 1.82) is 0 Å². The van der Waals surface area contributed by atoms with Crippen LogP contribution in [0.2, 0.25) is 0 Å². The number of rotatable bonds is 7. The molecule has 1 fully saturated rings. The van der Waals surface area contributed by atoms with Gasteiger partial charge in [0.25, 0.3) is 5.91 Å². The molecule has 144 valence electrons. The van der Waals surface area contributed by atoms with Gasteiger partial charge in [-0.3, -0.25) is 4.79 Å². The quantitative estimate of drug-likeness (QED) is 0.592. The van der Waals surface area contributed by atoms with Crippen molar-refractivity contribution in [3.8, 4) is 0 Å². The fourth-order valence-electron chi connectivity index (χ4n) is 4.24. The lowest BCUT2D eigenvalue weighted by molar-refractivity contribution is -0.945. The number of esters is 1. The summed E-state index contributed by atoms with van der Waals surface area (Å²) in [6.45, 7) is 9.31. The van der Waals surface area contributed by atoms with E-state index in [1.54, 1.807) is 6.07 Å². The summed E-state index contributed by atoms with van der Waals surface area (Å²) in [6.07, 6.45) is 5.44. The zero-order valence-electron chi connectivity index (χ0n) is 16.6. The smallest absolute Gasteiger partial charge is 0.339 e. The molecule has 2 rings (SSSR count). The second kappa shape index (κ2) is 9.17. The van der Waals surface area contributed by atoms with Gasteiger partial charge in [0.15, 0.2) is 6.04 Å². The highest BCUT2D eigenvalue weighted by molar-refractivity contribution is 6.03. The zero-order valence-corrected chi connectivity index (χ0v) is 16.6. The number of methoxy groups -OCH3 is 1. The molecule has 0 bridgehead atoms.